The van der Waals surface area contributed by atoms with Crippen LogP contribution in [0.5, 0.6) is 0 Å². The molecular weight excluding hydrogens is 291 g/mol. The Bertz CT molecular complexity index is 918. The van der Waals surface area contributed by atoms with Gasteiger partial charge in [0.1, 0.15) is 0 Å². The highest BCUT2D eigenvalue weighted by molar-refractivity contribution is 6.04. The highest BCUT2D eigenvalue weighted by atomic mass is 19.1. The zero-order valence-corrected chi connectivity index (χ0v) is 12.6. The molecule has 0 aliphatic rings. The van der Waals surface area contributed by atoms with Crippen molar-refractivity contribution in [2.24, 2.45) is 0 Å². The lowest BCUT2D eigenvalue weighted by molar-refractivity contribution is -0.114. The third-order valence-corrected chi connectivity index (χ3v) is 3.67. The Morgan fingerprint density at radius 3 is 2.70 bits per heavy atom. The summed E-state index contributed by atoms with van der Waals surface area (Å²) >= 11 is 0. The monoisotopic (exact) mass is 306 g/mol. The molecule has 3 rings (SSSR count). The number of nitrogens with zero attached hydrogens (tertiary/aromatic N) is 1. The quantitative estimate of drug-likeness (QED) is 0.717. The summed E-state index contributed by atoms with van der Waals surface area (Å²) < 4.78 is 12.8. The second-order valence-corrected chi connectivity index (χ2v) is 5.27. The number of amides is 1. The largest absolute Gasteiger partial charge is 0.320 e. The topological polar surface area (TPSA) is 42.0 Å². The smallest absolute Gasteiger partial charge is 0.283 e. The molecule has 2 aromatic carbocycles. The van der Waals surface area contributed by atoms with Crippen molar-refractivity contribution in [2.45, 2.75) is 6.92 Å². The standard InChI is InChI=1S/C19H15FN2O/c1-12-5-3-4-6-16(12)18-17-8-7-15(22-19(23)13(2)20)11-14(17)9-10-21-18/h3-11H,2H2,1H3,(H,22,23). The highest BCUT2D eigenvalue weighted by Crippen LogP contribution is 2.30. The molecule has 0 fully saturated rings. The number of halogens is 1. The molecule has 0 radical (unpaired) electrons. The number of anilines is 1. The van der Waals surface area contributed by atoms with E-state index in [1.165, 1.54) is 0 Å². The summed E-state index contributed by atoms with van der Waals surface area (Å²) in [6.07, 6.45) is 1.73. The molecule has 114 valence electrons. The molecule has 0 aliphatic carbocycles. The average Bonchev–Trinajstić information content (AvgIpc) is 2.54. The van der Waals surface area contributed by atoms with Crippen molar-refractivity contribution < 1.29 is 9.18 Å². The molecule has 0 saturated heterocycles. The lowest BCUT2D eigenvalue weighted by atomic mass is 10.00. The van der Waals surface area contributed by atoms with Gasteiger partial charge in [-0.15, -0.1) is 0 Å². The fraction of sp³-hybridized carbons (Fsp3) is 0.0526. The molecule has 1 aromatic heterocycles. The number of carbonyl (C=O) groups excluding carboxylic acids is 1. The Morgan fingerprint density at radius 1 is 1.17 bits per heavy atom. The second kappa shape index (κ2) is 6.01. The van der Waals surface area contributed by atoms with Crippen molar-refractivity contribution in [1.29, 1.82) is 0 Å². The first-order chi connectivity index (χ1) is 11.1. The van der Waals surface area contributed by atoms with Gasteiger partial charge in [0, 0.05) is 22.8 Å². The molecule has 4 heteroatoms. The van der Waals surface area contributed by atoms with E-state index in [0.717, 1.165) is 27.6 Å². The number of pyridine rings is 1. The third kappa shape index (κ3) is 2.97. The first-order valence-corrected chi connectivity index (χ1v) is 7.17. The minimum absolute atomic E-state index is 0.517. The van der Waals surface area contributed by atoms with Crippen molar-refractivity contribution in [1.82, 2.24) is 4.98 Å². The van der Waals surface area contributed by atoms with Gasteiger partial charge in [-0.2, -0.15) is 0 Å². The van der Waals surface area contributed by atoms with E-state index in [2.05, 4.69) is 16.9 Å². The van der Waals surface area contributed by atoms with E-state index in [0.29, 0.717) is 5.69 Å². The zero-order valence-electron chi connectivity index (χ0n) is 12.6. The summed E-state index contributed by atoms with van der Waals surface area (Å²) in [5, 5.41) is 4.36. The number of aryl methyl sites for hydroxylation is 1. The van der Waals surface area contributed by atoms with Gasteiger partial charge in [-0.25, -0.2) is 4.39 Å². The van der Waals surface area contributed by atoms with Crippen LogP contribution in [0.25, 0.3) is 22.0 Å². The van der Waals surface area contributed by atoms with Gasteiger partial charge in [0.25, 0.3) is 5.91 Å². The van der Waals surface area contributed by atoms with E-state index in [9.17, 15) is 9.18 Å². The van der Waals surface area contributed by atoms with Crippen LogP contribution >= 0.6 is 0 Å². The maximum absolute atomic E-state index is 12.8. The Morgan fingerprint density at radius 2 is 1.96 bits per heavy atom. The maximum Gasteiger partial charge on any atom is 0.283 e. The number of benzene rings is 2. The van der Waals surface area contributed by atoms with Gasteiger partial charge in [-0.3, -0.25) is 9.78 Å². The summed E-state index contributed by atoms with van der Waals surface area (Å²) in [5.74, 6) is -1.85. The molecule has 0 spiro atoms. The number of hydrogen-bond donors (Lipinski definition) is 1. The first kappa shape index (κ1) is 14.9. The van der Waals surface area contributed by atoms with Crippen molar-refractivity contribution >= 4 is 22.4 Å². The predicted molar refractivity (Wildman–Crippen MR) is 90.8 cm³/mol. The Balaban J connectivity index is 2.08. The average molecular weight is 306 g/mol. The van der Waals surface area contributed by atoms with E-state index in [-0.39, 0.29) is 0 Å². The fourth-order valence-corrected chi connectivity index (χ4v) is 2.51. The van der Waals surface area contributed by atoms with Gasteiger partial charge in [0.05, 0.1) is 5.69 Å². The molecule has 1 heterocycles. The Kier molecular flexibility index (Phi) is 3.89. The molecule has 1 amide bonds. The number of aromatic nitrogens is 1. The van der Waals surface area contributed by atoms with Crippen LogP contribution in [0.1, 0.15) is 5.56 Å². The van der Waals surface area contributed by atoms with Gasteiger partial charge in [-0.1, -0.05) is 36.9 Å². The van der Waals surface area contributed by atoms with Crippen molar-refractivity contribution in [2.75, 3.05) is 5.32 Å². The van der Waals surface area contributed by atoms with Gasteiger partial charge < -0.3 is 5.32 Å². The maximum atomic E-state index is 12.8. The molecule has 0 atom stereocenters. The summed E-state index contributed by atoms with van der Waals surface area (Å²) in [6, 6.07) is 15.3. The van der Waals surface area contributed by atoms with Crippen molar-refractivity contribution in [3.8, 4) is 11.3 Å². The minimum atomic E-state index is -1.01. The normalized spacial score (nSPS) is 10.5. The predicted octanol–water partition coefficient (Wildman–Crippen LogP) is 4.63. The molecular formula is C19H15FN2O. The molecule has 0 bridgehead atoms. The molecule has 0 saturated carbocycles. The fourth-order valence-electron chi connectivity index (χ4n) is 2.51. The summed E-state index contributed by atoms with van der Waals surface area (Å²) in [5.41, 5.74) is 3.60. The third-order valence-electron chi connectivity index (χ3n) is 3.67. The van der Waals surface area contributed by atoms with Gasteiger partial charge >= 0.3 is 0 Å². The van der Waals surface area contributed by atoms with E-state index in [4.69, 9.17) is 0 Å². The lowest BCUT2D eigenvalue weighted by Crippen LogP contribution is -2.10. The molecule has 0 aliphatic heterocycles. The van der Waals surface area contributed by atoms with E-state index in [1.54, 1.807) is 18.3 Å². The van der Waals surface area contributed by atoms with Crippen molar-refractivity contribution in [3.05, 3.63) is 72.7 Å². The van der Waals surface area contributed by atoms with Gasteiger partial charge in [0.15, 0.2) is 5.83 Å². The minimum Gasteiger partial charge on any atom is -0.320 e. The molecule has 3 aromatic rings. The summed E-state index contributed by atoms with van der Waals surface area (Å²) in [6.45, 7) is 5.03. The Labute approximate surface area is 133 Å². The molecule has 23 heavy (non-hydrogen) atoms. The van der Waals surface area contributed by atoms with Gasteiger partial charge in [0.2, 0.25) is 0 Å². The number of hydrogen-bond acceptors (Lipinski definition) is 2. The van der Waals surface area contributed by atoms with Gasteiger partial charge in [-0.05, 0) is 36.1 Å². The molecule has 1 N–H and O–H groups in total. The van der Waals surface area contributed by atoms with E-state index in [1.807, 2.05) is 43.3 Å². The van der Waals surface area contributed by atoms with Crippen LogP contribution in [-0.2, 0) is 4.79 Å². The lowest BCUT2D eigenvalue weighted by Gasteiger charge is -2.10. The van der Waals surface area contributed by atoms with Crippen LogP contribution in [-0.4, -0.2) is 10.9 Å². The molecule has 0 unspecified atom stereocenters. The zero-order chi connectivity index (χ0) is 16.4. The highest BCUT2D eigenvalue weighted by Gasteiger charge is 2.10. The number of carbonyl (C=O) groups is 1. The second-order valence-electron chi connectivity index (χ2n) is 5.27. The van der Waals surface area contributed by atoms with E-state index >= 15 is 0 Å². The van der Waals surface area contributed by atoms with Crippen LogP contribution in [0.3, 0.4) is 0 Å². The molecule has 3 nitrogen and oxygen atoms in total. The van der Waals surface area contributed by atoms with Crippen molar-refractivity contribution in [3.63, 3.8) is 0 Å². The van der Waals surface area contributed by atoms with E-state index < -0.39 is 11.7 Å². The van der Waals surface area contributed by atoms with Crippen LogP contribution in [0, 0.1) is 6.92 Å². The summed E-state index contributed by atoms with van der Waals surface area (Å²) in [4.78, 5) is 15.9. The van der Waals surface area contributed by atoms with Crippen LogP contribution in [0.4, 0.5) is 10.1 Å². The SMILES string of the molecule is C=C(F)C(=O)Nc1ccc2c(-c3ccccc3C)nccc2c1. The van der Waals surface area contributed by atoms with Crippen LogP contribution in [0.15, 0.2) is 67.1 Å². The number of nitrogens with one attached hydrogen (secondary N) is 1. The first-order valence-electron chi connectivity index (χ1n) is 7.17. The number of fused-ring (bicyclic) bond motifs is 1. The number of rotatable bonds is 3. The summed E-state index contributed by atoms with van der Waals surface area (Å²) in [7, 11) is 0. The van der Waals surface area contributed by atoms with Crippen LogP contribution in [0.2, 0.25) is 0 Å². The Hall–Kier alpha value is -3.01. The van der Waals surface area contributed by atoms with Crippen LogP contribution < -0.4 is 5.32 Å².